The Morgan fingerprint density at radius 1 is 0.833 bits per heavy atom. The molecule has 1 atom stereocenters. The van der Waals surface area contributed by atoms with Gasteiger partial charge in [-0.05, 0) is 23.3 Å². The van der Waals surface area contributed by atoms with Gasteiger partial charge in [0.25, 0.3) is 0 Å². The van der Waals surface area contributed by atoms with E-state index < -0.39 is 17.8 Å². The second-order valence-corrected chi connectivity index (χ2v) is 3.94. The number of rotatable bonds is 2. The van der Waals surface area contributed by atoms with Gasteiger partial charge in [0.2, 0.25) is 0 Å². The summed E-state index contributed by atoms with van der Waals surface area (Å²) in [4.78, 5) is 0. The molecule has 0 heterocycles. The number of benzene rings is 2. The van der Waals surface area contributed by atoms with Gasteiger partial charge < -0.3 is 5.11 Å². The Kier molecular flexibility index (Phi) is 3.39. The molecule has 1 N–H and O–H groups in total. The van der Waals surface area contributed by atoms with Crippen molar-refractivity contribution in [1.82, 2.24) is 0 Å². The first-order valence-corrected chi connectivity index (χ1v) is 5.38. The van der Waals surface area contributed by atoms with E-state index in [0.29, 0.717) is 5.56 Å². The molecule has 18 heavy (non-hydrogen) atoms. The van der Waals surface area contributed by atoms with Crippen LogP contribution >= 0.6 is 0 Å². The predicted molar refractivity (Wildman–Crippen MR) is 61.9 cm³/mol. The van der Waals surface area contributed by atoms with Gasteiger partial charge in [-0.2, -0.15) is 13.2 Å². The zero-order valence-electron chi connectivity index (χ0n) is 9.35. The Morgan fingerprint density at radius 3 is 2.06 bits per heavy atom. The van der Waals surface area contributed by atoms with Gasteiger partial charge >= 0.3 is 6.18 Å². The molecule has 94 valence electrons. The van der Waals surface area contributed by atoms with E-state index in [-0.39, 0.29) is 5.56 Å². The molecule has 0 aliphatic heterocycles. The molecule has 0 amide bonds. The molecular weight excluding hydrogens is 241 g/mol. The van der Waals surface area contributed by atoms with E-state index in [1.165, 1.54) is 12.1 Å². The molecule has 0 saturated heterocycles. The van der Waals surface area contributed by atoms with E-state index in [1.54, 1.807) is 30.3 Å². The van der Waals surface area contributed by atoms with Gasteiger partial charge in [0.15, 0.2) is 0 Å². The first-order valence-electron chi connectivity index (χ1n) is 5.38. The second kappa shape index (κ2) is 4.82. The lowest BCUT2D eigenvalue weighted by atomic mass is 10.00. The molecule has 0 aliphatic rings. The topological polar surface area (TPSA) is 20.2 Å². The average molecular weight is 252 g/mol. The zero-order chi connectivity index (χ0) is 13.2. The minimum absolute atomic E-state index is 0.232. The van der Waals surface area contributed by atoms with Crippen LogP contribution in [0, 0.1) is 0 Å². The van der Waals surface area contributed by atoms with Crippen LogP contribution in [0.3, 0.4) is 0 Å². The Hall–Kier alpha value is -1.81. The fourth-order valence-electron chi connectivity index (χ4n) is 1.71. The Morgan fingerprint density at radius 2 is 1.44 bits per heavy atom. The molecule has 0 unspecified atom stereocenters. The van der Waals surface area contributed by atoms with Crippen LogP contribution in [-0.4, -0.2) is 5.11 Å². The largest absolute Gasteiger partial charge is 0.416 e. The molecule has 2 aromatic rings. The Balaban J connectivity index is 2.35. The van der Waals surface area contributed by atoms with E-state index in [9.17, 15) is 18.3 Å². The molecule has 4 heteroatoms. The highest BCUT2D eigenvalue weighted by Gasteiger charge is 2.30. The van der Waals surface area contributed by atoms with Crippen molar-refractivity contribution in [3.8, 4) is 0 Å². The normalized spacial score (nSPS) is 13.3. The number of aliphatic hydroxyl groups excluding tert-OH is 1. The van der Waals surface area contributed by atoms with Gasteiger partial charge in [-0.15, -0.1) is 0 Å². The molecule has 0 spiro atoms. The molecule has 0 saturated carbocycles. The summed E-state index contributed by atoms with van der Waals surface area (Å²) in [6.07, 6.45) is -5.44. The van der Waals surface area contributed by atoms with E-state index in [1.807, 2.05) is 0 Å². The van der Waals surface area contributed by atoms with E-state index in [4.69, 9.17) is 0 Å². The van der Waals surface area contributed by atoms with Crippen LogP contribution in [0.4, 0.5) is 13.2 Å². The maximum absolute atomic E-state index is 12.6. The third kappa shape index (κ3) is 2.71. The summed E-state index contributed by atoms with van der Waals surface area (Å²) in [5.74, 6) is 0. The van der Waals surface area contributed by atoms with Crippen molar-refractivity contribution in [1.29, 1.82) is 0 Å². The van der Waals surface area contributed by atoms with Gasteiger partial charge in [0.1, 0.15) is 6.10 Å². The average Bonchev–Trinajstić information content (AvgIpc) is 2.38. The summed E-state index contributed by atoms with van der Waals surface area (Å²) in [5.41, 5.74) is 0.0443. The Bertz CT molecular complexity index is 520. The number of alkyl halides is 3. The Labute approximate surface area is 103 Å². The third-order valence-electron chi connectivity index (χ3n) is 2.65. The number of hydrogen-bond acceptors (Lipinski definition) is 1. The molecule has 2 rings (SSSR count). The van der Waals surface area contributed by atoms with Crippen molar-refractivity contribution in [3.63, 3.8) is 0 Å². The van der Waals surface area contributed by atoms with Gasteiger partial charge in [-0.25, -0.2) is 0 Å². The molecule has 0 fully saturated rings. The number of hydrogen-bond donors (Lipinski definition) is 1. The van der Waals surface area contributed by atoms with Crippen LogP contribution in [0.15, 0.2) is 54.6 Å². The molecule has 0 aromatic heterocycles. The molecule has 1 nitrogen and oxygen atoms in total. The van der Waals surface area contributed by atoms with Crippen LogP contribution in [-0.2, 0) is 6.18 Å². The van der Waals surface area contributed by atoms with Crippen molar-refractivity contribution >= 4 is 0 Å². The molecule has 0 aliphatic carbocycles. The van der Waals surface area contributed by atoms with Crippen molar-refractivity contribution < 1.29 is 18.3 Å². The summed E-state index contributed by atoms with van der Waals surface area (Å²) in [7, 11) is 0. The molecule has 0 radical (unpaired) electrons. The molecule has 0 bridgehead atoms. The van der Waals surface area contributed by atoms with Crippen molar-refractivity contribution in [2.75, 3.05) is 0 Å². The predicted octanol–water partition coefficient (Wildman–Crippen LogP) is 3.79. The molecule has 2 aromatic carbocycles. The van der Waals surface area contributed by atoms with Crippen molar-refractivity contribution in [2.24, 2.45) is 0 Å². The first-order chi connectivity index (χ1) is 8.48. The van der Waals surface area contributed by atoms with Crippen LogP contribution < -0.4 is 0 Å². The summed E-state index contributed by atoms with van der Waals surface area (Å²) in [6, 6.07) is 13.3. The van der Waals surface area contributed by atoms with Crippen LogP contribution in [0.25, 0.3) is 0 Å². The maximum atomic E-state index is 12.6. The SMILES string of the molecule is O[C@H](c1ccccc1)c1cccc(C(F)(F)F)c1. The monoisotopic (exact) mass is 252 g/mol. The summed E-state index contributed by atoms with van der Waals surface area (Å²) in [6.45, 7) is 0. The van der Waals surface area contributed by atoms with E-state index in [0.717, 1.165) is 12.1 Å². The van der Waals surface area contributed by atoms with Gasteiger partial charge in [0.05, 0.1) is 5.56 Å². The highest BCUT2D eigenvalue weighted by molar-refractivity contribution is 5.33. The van der Waals surface area contributed by atoms with Crippen molar-refractivity contribution in [2.45, 2.75) is 12.3 Å². The lowest BCUT2D eigenvalue weighted by Gasteiger charge is -2.13. The quantitative estimate of drug-likeness (QED) is 0.862. The third-order valence-corrected chi connectivity index (χ3v) is 2.65. The van der Waals surface area contributed by atoms with Crippen LogP contribution in [0.1, 0.15) is 22.8 Å². The fraction of sp³-hybridized carbons (Fsp3) is 0.143. The van der Waals surface area contributed by atoms with Gasteiger partial charge in [-0.1, -0.05) is 42.5 Å². The summed E-state index contributed by atoms with van der Waals surface area (Å²) in [5, 5.41) is 10.0. The maximum Gasteiger partial charge on any atom is 0.416 e. The zero-order valence-corrected chi connectivity index (χ0v) is 9.35. The minimum Gasteiger partial charge on any atom is -0.384 e. The van der Waals surface area contributed by atoms with E-state index in [2.05, 4.69) is 0 Å². The number of aliphatic hydroxyl groups is 1. The van der Waals surface area contributed by atoms with Crippen LogP contribution in [0.2, 0.25) is 0 Å². The van der Waals surface area contributed by atoms with Gasteiger partial charge in [0, 0.05) is 0 Å². The highest BCUT2D eigenvalue weighted by Crippen LogP contribution is 2.31. The van der Waals surface area contributed by atoms with E-state index >= 15 is 0 Å². The summed E-state index contributed by atoms with van der Waals surface area (Å²) >= 11 is 0. The first kappa shape index (κ1) is 12.6. The molecular formula is C14H11F3O. The summed E-state index contributed by atoms with van der Waals surface area (Å²) < 4.78 is 37.7. The lowest BCUT2D eigenvalue weighted by molar-refractivity contribution is -0.137. The van der Waals surface area contributed by atoms with Gasteiger partial charge in [-0.3, -0.25) is 0 Å². The highest BCUT2D eigenvalue weighted by atomic mass is 19.4. The minimum atomic E-state index is -4.40. The number of halogens is 3. The van der Waals surface area contributed by atoms with Crippen LogP contribution in [0.5, 0.6) is 0 Å². The fourth-order valence-corrected chi connectivity index (χ4v) is 1.71. The lowest BCUT2D eigenvalue weighted by Crippen LogP contribution is -2.07. The van der Waals surface area contributed by atoms with Crippen molar-refractivity contribution in [3.05, 3.63) is 71.3 Å². The second-order valence-electron chi connectivity index (χ2n) is 3.94. The smallest absolute Gasteiger partial charge is 0.384 e. The standard InChI is InChI=1S/C14H11F3O/c15-14(16,17)12-8-4-7-11(9-12)13(18)10-5-2-1-3-6-10/h1-9,13,18H/t13-/m1/s1.